The Hall–Kier alpha value is -2.44. The van der Waals surface area contributed by atoms with Gasteiger partial charge in [-0.3, -0.25) is 9.69 Å². The van der Waals surface area contributed by atoms with Crippen LogP contribution in [0.1, 0.15) is 28.9 Å². The van der Waals surface area contributed by atoms with Crippen LogP contribution in [0.3, 0.4) is 0 Å². The van der Waals surface area contributed by atoms with E-state index in [9.17, 15) is 9.18 Å². The molecule has 6 heteroatoms. The second-order valence-electron chi connectivity index (χ2n) is 6.95. The average Bonchev–Trinajstić information content (AvgIpc) is 2.74. The summed E-state index contributed by atoms with van der Waals surface area (Å²) >= 11 is 0. The molecule has 1 fully saturated rings. The fourth-order valence-corrected chi connectivity index (χ4v) is 3.69. The molecule has 0 radical (unpaired) electrons. The molecule has 1 unspecified atom stereocenters. The Morgan fingerprint density at radius 1 is 1.14 bits per heavy atom. The van der Waals surface area contributed by atoms with Crippen LogP contribution in [0.5, 0.6) is 5.75 Å². The van der Waals surface area contributed by atoms with Crippen LogP contribution in [0, 0.1) is 5.82 Å². The average molecular weight is 385 g/mol. The lowest BCUT2D eigenvalue weighted by Gasteiger charge is -2.39. The highest BCUT2D eigenvalue weighted by Gasteiger charge is 2.27. The van der Waals surface area contributed by atoms with E-state index in [1.165, 1.54) is 12.1 Å². The van der Waals surface area contributed by atoms with Crippen LogP contribution < -0.4 is 10.1 Å². The Balaban J connectivity index is 1.77. The van der Waals surface area contributed by atoms with Crippen LogP contribution in [-0.4, -0.2) is 62.1 Å². The number of benzene rings is 2. The first kappa shape index (κ1) is 20.3. The van der Waals surface area contributed by atoms with Crippen molar-refractivity contribution in [3.8, 4) is 5.75 Å². The maximum absolute atomic E-state index is 13.4. The first-order valence-corrected chi connectivity index (χ1v) is 9.75. The van der Waals surface area contributed by atoms with E-state index in [0.29, 0.717) is 12.1 Å². The van der Waals surface area contributed by atoms with E-state index in [1.807, 2.05) is 24.3 Å². The van der Waals surface area contributed by atoms with Crippen molar-refractivity contribution >= 4 is 5.91 Å². The number of hydrogen-bond acceptors (Lipinski definition) is 4. The molecule has 0 saturated carbocycles. The highest BCUT2D eigenvalue weighted by Crippen LogP contribution is 2.29. The first-order valence-electron chi connectivity index (χ1n) is 9.75. The molecule has 2 aromatic rings. The van der Waals surface area contributed by atoms with Crippen molar-refractivity contribution < 1.29 is 13.9 Å². The van der Waals surface area contributed by atoms with E-state index in [2.05, 4.69) is 22.0 Å². The number of amides is 1. The lowest BCUT2D eigenvalue weighted by atomic mass is 10.0. The molecule has 0 aliphatic carbocycles. The van der Waals surface area contributed by atoms with Crippen LogP contribution in [0.4, 0.5) is 4.39 Å². The number of ether oxygens (including phenoxy) is 1. The van der Waals surface area contributed by atoms with Crippen molar-refractivity contribution in [3.63, 3.8) is 0 Å². The summed E-state index contributed by atoms with van der Waals surface area (Å²) in [5.41, 5.74) is 1.38. The first-order chi connectivity index (χ1) is 13.6. The van der Waals surface area contributed by atoms with E-state index in [0.717, 1.165) is 44.0 Å². The maximum Gasteiger partial charge on any atom is 0.251 e. The summed E-state index contributed by atoms with van der Waals surface area (Å²) in [6, 6.07) is 13.7. The highest BCUT2D eigenvalue weighted by molar-refractivity contribution is 5.94. The van der Waals surface area contributed by atoms with Crippen molar-refractivity contribution in [2.75, 3.05) is 46.4 Å². The molecular weight excluding hydrogens is 357 g/mol. The number of para-hydroxylation sites is 1. The number of rotatable bonds is 7. The molecule has 1 heterocycles. The van der Waals surface area contributed by atoms with Gasteiger partial charge in [0.05, 0.1) is 13.2 Å². The molecule has 0 aromatic heterocycles. The van der Waals surface area contributed by atoms with Gasteiger partial charge in [0.2, 0.25) is 0 Å². The smallest absolute Gasteiger partial charge is 0.251 e. The van der Waals surface area contributed by atoms with E-state index in [4.69, 9.17) is 4.74 Å². The van der Waals surface area contributed by atoms with Crippen LogP contribution in [0.15, 0.2) is 48.5 Å². The van der Waals surface area contributed by atoms with Gasteiger partial charge in [-0.1, -0.05) is 31.2 Å². The van der Waals surface area contributed by atoms with Crippen LogP contribution >= 0.6 is 0 Å². The summed E-state index contributed by atoms with van der Waals surface area (Å²) in [5, 5.41) is 2.98. The fourth-order valence-electron chi connectivity index (χ4n) is 3.69. The van der Waals surface area contributed by atoms with Crippen molar-refractivity contribution in [2.45, 2.75) is 13.0 Å². The predicted molar refractivity (Wildman–Crippen MR) is 108 cm³/mol. The van der Waals surface area contributed by atoms with Gasteiger partial charge in [-0.05, 0) is 30.8 Å². The highest BCUT2D eigenvalue weighted by atomic mass is 19.1. The van der Waals surface area contributed by atoms with E-state index < -0.39 is 5.82 Å². The predicted octanol–water partition coefficient (Wildman–Crippen LogP) is 2.94. The molecular formula is C22H28FN3O2. The van der Waals surface area contributed by atoms with Gasteiger partial charge in [0.25, 0.3) is 5.91 Å². The van der Waals surface area contributed by atoms with Crippen molar-refractivity contribution in [3.05, 3.63) is 65.5 Å². The summed E-state index contributed by atoms with van der Waals surface area (Å²) in [5.74, 6) is 0.127. The molecule has 1 atom stereocenters. The van der Waals surface area contributed by atoms with Gasteiger partial charge >= 0.3 is 0 Å². The minimum atomic E-state index is -0.412. The van der Waals surface area contributed by atoms with Gasteiger partial charge in [0.15, 0.2) is 0 Å². The molecule has 1 aliphatic rings. The number of piperazine rings is 1. The molecule has 1 N–H and O–H groups in total. The summed E-state index contributed by atoms with van der Waals surface area (Å²) in [4.78, 5) is 17.3. The number of nitrogens with zero attached hydrogens (tertiary/aromatic N) is 2. The van der Waals surface area contributed by atoms with Gasteiger partial charge in [-0.2, -0.15) is 0 Å². The van der Waals surface area contributed by atoms with Gasteiger partial charge in [0, 0.05) is 43.9 Å². The molecule has 0 spiro atoms. The zero-order chi connectivity index (χ0) is 19.9. The van der Waals surface area contributed by atoms with E-state index in [-0.39, 0.29) is 11.9 Å². The minimum absolute atomic E-state index is 0.00679. The second-order valence-corrected chi connectivity index (χ2v) is 6.95. The van der Waals surface area contributed by atoms with Gasteiger partial charge in [-0.25, -0.2) is 4.39 Å². The number of carbonyl (C=O) groups excluding carboxylic acids is 1. The van der Waals surface area contributed by atoms with E-state index in [1.54, 1.807) is 19.2 Å². The number of halogens is 1. The molecule has 1 saturated heterocycles. The SMILES string of the molecule is CCN1CCN(C(CNC(=O)c2cccc(F)c2)c2ccccc2OC)CC1. The second kappa shape index (κ2) is 9.66. The molecule has 150 valence electrons. The lowest BCUT2D eigenvalue weighted by molar-refractivity contribution is 0.0850. The van der Waals surface area contributed by atoms with Crippen molar-refractivity contribution in [2.24, 2.45) is 0 Å². The number of likely N-dealkylation sites (N-methyl/N-ethyl adjacent to an activating group) is 1. The number of hydrogen-bond donors (Lipinski definition) is 1. The molecule has 1 aliphatic heterocycles. The summed E-state index contributed by atoms with van der Waals surface area (Å²) < 4.78 is 19.0. The molecule has 2 aromatic carbocycles. The molecule has 1 amide bonds. The third-order valence-corrected chi connectivity index (χ3v) is 5.34. The number of methoxy groups -OCH3 is 1. The van der Waals surface area contributed by atoms with Crippen LogP contribution in [0.25, 0.3) is 0 Å². The standard InChI is InChI=1S/C22H28FN3O2/c1-3-25-11-13-26(14-12-25)20(19-9-4-5-10-21(19)28-2)16-24-22(27)17-7-6-8-18(23)15-17/h4-10,15,20H,3,11-14,16H2,1-2H3,(H,24,27). The quantitative estimate of drug-likeness (QED) is 0.796. The van der Waals surface area contributed by atoms with Gasteiger partial charge in [-0.15, -0.1) is 0 Å². The third-order valence-electron chi connectivity index (χ3n) is 5.34. The van der Waals surface area contributed by atoms with E-state index >= 15 is 0 Å². The summed E-state index contributed by atoms with van der Waals surface area (Å²) in [7, 11) is 1.66. The Morgan fingerprint density at radius 3 is 2.57 bits per heavy atom. The monoisotopic (exact) mass is 385 g/mol. The normalized spacial score (nSPS) is 16.5. The third kappa shape index (κ3) is 4.88. The Bertz CT molecular complexity index is 791. The van der Waals surface area contributed by atoms with Crippen LogP contribution in [0.2, 0.25) is 0 Å². The zero-order valence-electron chi connectivity index (χ0n) is 16.5. The molecule has 3 rings (SSSR count). The molecule has 28 heavy (non-hydrogen) atoms. The summed E-state index contributed by atoms with van der Waals surface area (Å²) in [6.45, 7) is 7.50. The molecule has 5 nitrogen and oxygen atoms in total. The number of carbonyl (C=O) groups is 1. The Kier molecular flexibility index (Phi) is 7.01. The van der Waals surface area contributed by atoms with Crippen molar-refractivity contribution in [1.29, 1.82) is 0 Å². The maximum atomic E-state index is 13.4. The topological polar surface area (TPSA) is 44.8 Å². The van der Waals surface area contributed by atoms with Crippen LogP contribution in [-0.2, 0) is 0 Å². The zero-order valence-corrected chi connectivity index (χ0v) is 16.5. The Morgan fingerprint density at radius 2 is 1.89 bits per heavy atom. The number of nitrogens with one attached hydrogen (secondary N) is 1. The lowest BCUT2D eigenvalue weighted by Crippen LogP contribution is -2.49. The molecule has 0 bridgehead atoms. The largest absolute Gasteiger partial charge is 0.496 e. The minimum Gasteiger partial charge on any atom is -0.496 e. The Labute approximate surface area is 166 Å². The fraction of sp³-hybridized carbons (Fsp3) is 0.409. The van der Waals surface area contributed by atoms with Crippen molar-refractivity contribution in [1.82, 2.24) is 15.1 Å². The summed E-state index contributed by atoms with van der Waals surface area (Å²) in [6.07, 6.45) is 0. The van der Waals surface area contributed by atoms with Gasteiger partial charge < -0.3 is 15.0 Å². The van der Waals surface area contributed by atoms with Gasteiger partial charge in [0.1, 0.15) is 11.6 Å².